The number of methoxy groups -OCH3 is 1. The Bertz CT molecular complexity index is 935. The van der Waals surface area contributed by atoms with Gasteiger partial charge in [0.1, 0.15) is 12.4 Å². The SMILES string of the molecule is COC(=O)c1c(C)[nH]c(C(=O)C(C)N2CCN(CCOc3ccccc3Cl)CC2)c1C. The van der Waals surface area contributed by atoms with E-state index in [1.807, 2.05) is 31.2 Å². The van der Waals surface area contributed by atoms with Gasteiger partial charge in [-0.25, -0.2) is 4.79 Å². The maximum Gasteiger partial charge on any atom is 0.339 e. The number of nitrogens with one attached hydrogen (secondary N) is 1. The Morgan fingerprint density at radius 3 is 2.48 bits per heavy atom. The zero-order valence-corrected chi connectivity index (χ0v) is 19.3. The van der Waals surface area contributed by atoms with E-state index in [-0.39, 0.29) is 11.8 Å². The van der Waals surface area contributed by atoms with Crippen molar-refractivity contribution in [3.8, 4) is 5.75 Å². The lowest BCUT2D eigenvalue weighted by Gasteiger charge is -2.37. The van der Waals surface area contributed by atoms with Gasteiger partial charge in [-0.15, -0.1) is 0 Å². The van der Waals surface area contributed by atoms with E-state index < -0.39 is 5.97 Å². The molecule has 1 aromatic carbocycles. The number of aromatic nitrogens is 1. The average molecular weight is 448 g/mol. The number of benzene rings is 1. The summed E-state index contributed by atoms with van der Waals surface area (Å²) in [4.78, 5) is 32.7. The molecule has 1 unspecified atom stereocenters. The molecule has 0 radical (unpaired) electrons. The van der Waals surface area contributed by atoms with Gasteiger partial charge in [-0.3, -0.25) is 14.6 Å². The Balaban J connectivity index is 1.52. The first kappa shape index (κ1) is 23.3. The molecule has 8 heteroatoms. The highest BCUT2D eigenvalue weighted by atomic mass is 35.5. The van der Waals surface area contributed by atoms with E-state index in [2.05, 4.69) is 14.8 Å². The average Bonchev–Trinajstić information content (AvgIpc) is 3.08. The minimum atomic E-state index is -0.425. The topological polar surface area (TPSA) is 74.9 Å². The zero-order chi connectivity index (χ0) is 22.5. The van der Waals surface area contributed by atoms with Gasteiger partial charge >= 0.3 is 5.97 Å². The van der Waals surface area contributed by atoms with Crippen LogP contribution in [0.15, 0.2) is 24.3 Å². The van der Waals surface area contributed by atoms with Crippen LogP contribution in [0.5, 0.6) is 5.75 Å². The predicted molar refractivity (Wildman–Crippen MR) is 120 cm³/mol. The van der Waals surface area contributed by atoms with Crippen LogP contribution in [0, 0.1) is 13.8 Å². The third-order valence-corrected chi connectivity index (χ3v) is 6.22. The molecule has 168 valence electrons. The van der Waals surface area contributed by atoms with Crippen molar-refractivity contribution in [3.05, 3.63) is 51.8 Å². The maximum atomic E-state index is 13.1. The second-order valence-electron chi connectivity index (χ2n) is 7.81. The molecule has 1 fully saturated rings. The minimum absolute atomic E-state index is 0.00810. The number of halogens is 1. The molecule has 1 aliphatic heterocycles. The van der Waals surface area contributed by atoms with Gasteiger partial charge in [0.15, 0.2) is 5.78 Å². The summed E-state index contributed by atoms with van der Waals surface area (Å²) >= 11 is 6.12. The number of hydrogen-bond donors (Lipinski definition) is 1. The van der Waals surface area contributed by atoms with Gasteiger partial charge in [0.25, 0.3) is 0 Å². The van der Waals surface area contributed by atoms with Crippen LogP contribution in [-0.2, 0) is 4.74 Å². The number of nitrogens with zero attached hydrogens (tertiary/aromatic N) is 2. The molecule has 0 bridgehead atoms. The van der Waals surface area contributed by atoms with Crippen LogP contribution in [0.25, 0.3) is 0 Å². The summed E-state index contributed by atoms with van der Waals surface area (Å²) in [5.74, 6) is 0.266. The van der Waals surface area contributed by atoms with Crippen molar-refractivity contribution in [2.45, 2.75) is 26.8 Å². The molecule has 1 N–H and O–H groups in total. The summed E-state index contributed by atoms with van der Waals surface area (Å²) in [7, 11) is 1.34. The standard InChI is InChI=1S/C23H30ClN3O4/c1-15-20(23(29)30-4)16(2)25-21(15)22(28)17(3)27-11-9-26(10-12-27)13-14-31-19-8-6-5-7-18(19)24/h5-8,17,25H,9-14H2,1-4H3. The molecule has 1 atom stereocenters. The largest absolute Gasteiger partial charge is 0.491 e. The Morgan fingerprint density at radius 1 is 1.16 bits per heavy atom. The molecule has 0 aliphatic carbocycles. The van der Waals surface area contributed by atoms with Gasteiger partial charge in [-0.1, -0.05) is 23.7 Å². The highest BCUT2D eigenvalue weighted by Crippen LogP contribution is 2.23. The third-order valence-electron chi connectivity index (χ3n) is 5.91. The summed E-state index contributed by atoms with van der Waals surface area (Å²) in [5.41, 5.74) is 2.24. The number of hydrogen-bond acceptors (Lipinski definition) is 6. The number of carbonyl (C=O) groups excluding carboxylic acids is 2. The molecule has 0 spiro atoms. The van der Waals surface area contributed by atoms with Crippen molar-refractivity contribution in [2.24, 2.45) is 0 Å². The number of Topliss-reactive ketones (excluding diaryl/α,β-unsaturated/α-hetero) is 1. The second kappa shape index (κ2) is 10.3. The lowest BCUT2D eigenvalue weighted by atomic mass is 10.0. The molecule has 0 amide bonds. The number of aromatic amines is 1. The van der Waals surface area contributed by atoms with Crippen molar-refractivity contribution >= 4 is 23.4 Å². The van der Waals surface area contributed by atoms with Crippen molar-refractivity contribution in [3.63, 3.8) is 0 Å². The van der Waals surface area contributed by atoms with Gasteiger partial charge in [-0.05, 0) is 38.5 Å². The lowest BCUT2D eigenvalue weighted by molar-refractivity contribution is 0.0599. The van der Waals surface area contributed by atoms with E-state index in [1.54, 1.807) is 13.8 Å². The Morgan fingerprint density at radius 2 is 1.84 bits per heavy atom. The molecule has 2 heterocycles. The summed E-state index contributed by atoms with van der Waals surface area (Å²) < 4.78 is 10.6. The molecule has 1 aromatic heterocycles. The highest BCUT2D eigenvalue weighted by molar-refractivity contribution is 6.32. The summed E-state index contributed by atoms with van der Waals surface area (Å²) in [5, 5.41) is 0.616. The number of rotatable bonds is 8. The molecule has 7 nitrogen and oxygen atoms in total. The van der Waals surface area contributed by atoms with Crippen molar-refractivity contribution in [1.82, 2.24) is 14.8 Å². The lowest BCUT2D eigenvalue weighted by Crippen LogP contribution is -2.52. The third kappa shape index (κ3) is 5.29. The zero-order valence-electron chi connectivity index (χ0n) is 18.5. The Labute approximate surface area is 188 Å². The Kier molecular flexibility index (Phi) is 7.75. The van der Waals surface area contributed by atoms with E-state index in [1.165, 1.54) is 7.11 Å². The van der Waals surface area contributed by atoms with E-state index in [4.69, 9.17) is 21.1 Å². The molecular formula is C23H30ClN3O4. The van der Waals surface area contributed by atoms with Crippen LogP contribution in [-0.4, -0.2) is 79.0 Å². The predicted octanol–water partition coefficient (Wildman–Crippen LogP) is 3.34. The van der Waals surface area contributed by atoms with Crippen LogP contribution < -0.4 is 4.74 Å². The summed E-state index contributed by atoms with van der Waals surface area (Å²) in [6.45, 7) is 10.2. The first-order valence-electron chi connectivity index (χ1n) is 10.5. The fourth-order valence-electron chi connectivity index (χ4n) is 4.00. The quantitative estimate of drug-likeness (QED) is 0.494. The van der Waals surface area contributed by atoms with Crippen LogP contribution in [0.1, 0.15) is 39.0 Å². The molecule has 2 aromatic rings. The van der Waals surface area contributed by atoms with E-state index in [0.29, 0.717) is 39.9 Å². The number of esters is 1. The molecule has 1 aliphatic rings. The van der Waals surface area contributed by atoms with E-state index >= 15 is 0 Å². The maximum absolute atomic E-state index is 13.1. The van der Waals surface area contributed by atoms with Gasteiger partial charge < -0.3 is 14.5 Å². The molecule has 31 heavy (non-hydrogen) atoms. The normalized spacial score (nSPS) is 16.2. The number of H-pyrrole nitrogens is 1. The molecular weight excluding hydrogens is 418 g/mol. The van der Waals surface area contributed by atoms with Crippen LogP contribution in [0.3, 0.4) is 0 Å². The number of ether oxygens (including phenoxy) is 2. The fraction of sp³-hybridized carbons (Fsp3) is 0.478. The fourth-order valence-corrected chi connectivity index (χ4v) is 4.19. The van der Waals surface area contributed by atoms with Crippen LogP contribution in [0.4, 0.5) is 0 Å². The Hall–Kier alpha value is -2.35. The first-order valence-corrected chi connectivity index (χ1v) is 10.9. The van der Waals surface area contributed by atoms with Gasteiger partial charge in [0, 0.05) is 38.4 Å². The van der Waals surface area contributed by atoms with E-state index in [9.17, 15) is 9.59 Å². The van der Waals surface area contributed by atoms with Gasteiger partial charge in [0.05, 0.1) is 29.4 Å². The monoisotopic (exact) mass is 447 g/mol. The van der Waals surface area contributed by atoms with Crippen molar-refractivity contribution in [1.29, 1.82) is 0 Å². The number of ketones is 1. The van der Waals surface area contributed by atoms with Gasteiger partial charge in [0.2, 0.25) is 0 Å². The second-order valence-corrected chi connectivity index (χ2v) is 8.22. The van der Waals surface area contributed by atoms with Crippen LogP contribution >= 0.6 is 11.6 Å². The molecule has 0 saturated carbocycles. The van der Waals surface area contributed by atoms with Crippen LogP contribution in [0.2, 0.25) is 5.02 Å². The van der Waals surface area contributed by atoms with Gasteiger partial charge in [-0.2, -0.15) is 0 Å². The number of para-hydroxylation sites is 1. The number of carbonyl (C=O) groups is 2. The minimum Gasteiger partial charge on any atom is -0.491 e. The number of piperazine rings is 1. The first-order chi connectivity index (χ1) is 14.8. The molecule has 3 rings (SSSR count). The summed E-state index contributed by atoms with van der Waals surface area (Å²) in [6.07, 6.45) is 0. The highest BCUT2D eigenvalue weighted by Gasteiger charge is 2.30. The van der Waals surface area contributed by atoms with E-state index in [0.717, 1.165) is 32.7 Å². The smallest absolute Gasteiger partial charge is 0.339 e. The van der Waals surface area contributed by atoms with Crippen molar-refractivity contribution in [2.75, 3.05) is 46.4 Å². The molecule has 1 saturated heterocycles. The van der Waals surface area contributed by atoms with Crippen molar-refractivity contribution < 1.29 is 19.1 Å². The summed E-state index contributed by atoms with van der Waals surface area (Å²) in [6, 6.07) is 7.19. The number of aryl methyl sites for hydroxylation is 1.